The summed E-state index contributed by atoms with van der Waals surface area (Å²) in [6.45, 7) is 1.98. The first-order chi connectivity index (χ1) is 11.5. The SMILES string of the molecule is Cc1cccc(Cl)c1-c1nc(NSc2cccc(N)n2)ccc1Cl. The van der Waals surface area contributed by atoms with Crippen molar-refractivity contribution < 1.29 is 0 Å². The normalized spacial score (nSPS) is 10.6. The maximum absolute atomic E-state index is 6.33. The van der Waals surface area contributed by atoms with Crippen LogP contribution in [0, 0.1) is 6.92 Å². The van der Waals surface area contributed by atoms with Crippen LogP contribution in [0.3, 0.4) is 0 Å². The number of nitrogens with one attached hydrogen (secondary N) is 1. The Balaban J connectivity index is 1.89. The predicted octanol–water partition coefficient (Wildman–Crippen LogP) is 5.46. The highest BCUT2D eigenvalue weighted by Gasteiger charge is 2.13. The molecule has 2 aromatic heterocycles. The molecule has 3 aromatic rings. The van der Waals surface area contributed by atoms with E-state index in [1.165, 1.54) is 11.9 Å². The summed E-state index contributed by atoms with van der Waals surface area (Å²) in [7, 11) is 0. The third-order valence-electron chi connectivity index (χ3n) is 3.31. The molecular weight excluding hydrogens is 363 g/mol. The van der Waals surface area contributed by atoms with Gasteiger partial charge in [-0.25, -0.2) is 9.97 Å². The number of nitrogens with two attached hydrogens (primary N) is 1. The molecule has 0 saturated carbocycles. The molecule has 0 unspecified atom stereocenters. The number of benzene rings is 1. The number of hydrogen-bond donors (Lipinski definition) is 2. The lowest BCUT2D eigenvalue weighted by molar-refractivity contribution is 1.15. The van der Waals surface area contributed by atoms with E-state index in [1.807, 2.05) is 37.3 Å². The van der Waals surface area contributed by atoms with Gasteiger partial charge in [0, 0.05) is 17.5 Å². The van der Waals surface area contributed by atoms with Gasteiger partial charge in [0.1, 0.15) is 16.7 Å². The van der Waals surface area contributed by atoms with Crippen LogP contribution in [0.5, 0.6) is 0 Å². The summed E-state index contributed by atoms with van der Waals surface area (Å²) in [6.07, 6.45) is 0. The van der Waals surface area contributed by atoms with E-state index in [9.17, 15) is 0 Å². The fraction of sp³-hybridized carbons (Fsp3) is 0.0588. The predicted molar refractivity (Wildman–Crippen MR) is 103 cm³/mol. The fourth-order valence-electron chi connectivity index (χ4n) is 2.20. The van der Waals surface area contributed by atoms with Crippen LogP contribution in [0.2, 0.25) is 10.0 Å². The van der Waals surface area contributed by atoms with E-state index in [1.54, 1.807) is 18.2 Å². The third kappa shape index (κ3) is 3.75. The smallest absolute Gasteiger partial charge is 0.136 e. The van der Waals surface area contributed by atoms with Crippen molar-refractivity contribution in [2.45, 2.75) is 11.9 Å². The molecule has 24 heavy (non-hydrogen) atoms. The Bertz CT molecular complexity index is 866. The zero-order valence-electron chi connectivity index (χ0n) is 12.8. The van der Waals surface area contributed by atoms with E-state index in [0.29, 0.717) is 27.4 Å². The van der Waals surface area contributed by atoms with Crippen molar-refractivity contribution in [2.75, 3.05) is 10.5 Å². The molecule has 0 spiro atoms. The van der Waals surface area contributed by atoms with Gasteiger partial charge in [-0.2, -0.15) is 0 Å². The van der Waals surface area contributed by atoms with Crippen LogP contribution < -0.4 is 10.5 Å². The first-order valence-corrected chi connectivity index (χ1v) is 8.69. The Labute approximate surface area is 154 Å². The van der Waals surface area contributed by atoms with Gasteiger partial charge in [0.15, 0.2) is 0 Å². The van der Waals surface area contributed by atoms with Gasteiger partial charge < -0.3 is 10.5 Å². The van der Waals surface area contributed by atoms with Crippen molar-refractivity contribution in [1.29, 1.82) is 0 Å². The average molecular weight is 377 g/mol. The van der Waals surface area contributed by atoms with Crippen LogP contribution in [0.15, 0.2) is 53.6 Å². The zero-order chi connectivity index (χ0) is 17.1. The lowest BCUT2D eigenvalue weighted by Crippen LogP contribution is -1.97. The van der Waals surface area contributed by atoms with Gasteiger partial charge in [-0.1, -0.05) is 41.4 Å². The molecule has 0 bridgehead atoms. The largest absolute Gasteiger partial charge is 0.384 e. The number of halogens is 2. The first kappa shape index (κ1) is 16.9. The van der Waals surface area contributed by atoms with Crippen molar-refractivity contribution in [2.24, 2.45) is 0 Å². The Kier molecular flexibility index (Phi) is 5.14. The second-order valence-corrected chi connectivity index (χ2v) is 6.70. The number of nitrogens with zero attached hydrogens (tertiary/aromatic N) is 2. The standard InChI is InChI=1S/C17H14Cl2N4S/c1-10-4-2-5-11(18)16(10)17-12(19)8-9-14(22-17)23-24-15-7-3-6-13(20)21-15/h2-9H,1H3,(H2,20,21)(H,22,23). The summed E-state index contributed by atoms with van der Waals surface area (Å²) < 4.78 is 3.15. The molecule has 0 aliphatic carbocycles. The van der Waals surface area contributed by atoms with Gasteiger partial charge in [-0.3, -0.25) is 0 Å². The summed E-state index contributed by atoms with van der Waals surface area (Å²) in [4.78, 5) is 8.81. The molecule has 0 aliphatic rings. The molecule has 0 fully saturated rings. The second-order valence-electron chi connectivity index (χ2n) is 5.06. The monoisotopic (exact) mass is 376 g/mol. The summed E-state index contributed by atoms with van der Waals surface area (Å²) in [6, 6.07) is 14.8. The Morgan fingerprint density at radius 3 is 2.50 bits per heavy atom. The van der Waals surface area contributed by atoms with Crippen molar-refractivity contribution in [3.63, 3.8) is 0 Å². The van der Waals surface area contributed by atoms with E-state index in [-0.39, 0.29) is 0 Å². The zero-order valence-corrected chi connectivity index (χ0v) is 15.1. The molecule has 0 radical (unpaired) electrons. The number of rotatable bonds is 4. The number of pyridine rings is 2. The molecular formula is C17H14Cl2N4S. The highest BCUT2D eigenvalue weighted by molar-refractivity contribution is 8.00. The quantitative estimate of drug-likeness (QED) is 0.591. The van der Waals surface area contributed by atoms with Crippen LogP contribution in [0.25, 0.3) is 11.3 Å². The van der Waals surface area contributed by atoms with Gasteiger partial charge in [0.2, 0.25) is 0 Å². The van der Waals surface area contributed by atoms with Crippen molar-refractivity contribution in [3.8, 4) is 11.3 Å². The minimum Gasteiger partial charge on any atom is -0.384 e. The number of hydrogen-bond acceptors (Lipinski definition) is 5. The lowest BCUT2D eigenvalue weighted by atomic mass is 10.1. The lowest BCUT2D eigenvalue weighted by Gasteiger charge is -2.12. The van der Waals surface area contributed by atoms with Gasteiger partial charge in [0.25, 0.3) is 0 Å². The molecule has 122 valence electrons. The maximum Gasteiger partial charge on any atom is 0.136 e. The van der Waals surface area contributed by atoms with E-state index < -0.39 is 0 Å². The van der Waals surface area contributed by atoms with Crippen molar-refractivity contribution >= 4 is 46.8 Å². The van der Waals surface area contributed by atoms with E-state index in [2.05, 4.69) is 14.7 Å². The molecule has 3 rings (SSSR count). The Morgan fingerprint density at radius 2 is 1.75 bits per heavy atom. The van der Waals surface area contributed by atoms with Gasteiger partial charge in [0.05, 0.1) is 15.7 Å². The van der Waals surface area contributed by atoms with Crippen LogP contribution in [-0.2, 0) is 0 Å². The summed E-state index contributed by atoms with van der Waals surface area (Å²) in [5.74, 6) is 1.13. The molecule has 0 amide bonds. The average Bonchev–Trinajstić information content (AvgIpc) is 2.55. The maximum atomic E-state index is 6.33. The number of aryl methyl sites for hydroxylation is 1. The molecule has 0 aliphatic heterocycles. The van der Waals surface area contributed by atoms with Crippen molar-refractivity contribution in [1.82, 2.24) is 9.97 Å². The van der Waals surface area contributed by atoms with Crippen LogP contribution in [-0.4, -0.2) is 9.97 Å². The summed E-state index contributed by atoms with van der Waals surface area (Å²) in [5, 5.41) is 1.91. The highest BCUT2D eigenvalue weighted by Crippen LogP contribution is 2.35. The van der Waals surface area contributed by atoms with Crippen LogP contribution >= 0.6 is 35.1 Å². The second kappa shape index (κ2) is 7.30. The first-order valence-electron chi connectivity index (χ1n) is 7.12. The molecule has 3 N–H and O–H groups in total. The van der Waals surface area contributed by atoms with Gasteiger partial charge in [-0.05, 0) is 42.8 Å². The van der Waals surface area contributed by atoms with Crippen molar-refractivity contribution in [3.05, 3.63) is 64.1 Å². The minimum absolute atomic E-state index is 0.471. The molecule has 2 heterocycles. The molecule has 0 saturated heterocycles. The van der Waals surface area contributed by atoms with Gasteiger partial charge >= 0.3 is 0 Å². The highest BCUT2D eigenvalue weighted by atomic mass is 35.5. The third-order valence-corrected chi connectivity index (χ3v) is 4.68. The summed E-state index contributed by atoms with van der Waals surface area (Å²) in [5.41, 5.74) is 8.17. The van der Waals surface area contributed by atoms with Crippen LogP contribution in [0.4, 0.5) is 11.6 Å². The number of nitrogen functional groups attached to an aromatic ring is 1. The molecule has 0 atom stereocenters. The van der Waals surface area contributed by atoms with Crippen LogP contribution in [0.1, 0.15) is 5.56 Å². The minimum atomic E-state index is 0.471. The van der Waals surface area contributed by atoms with E-state index in [0.717, 1.165) is 16.2 Å². The molecule has 7 heteroatoms. The van der Waals surface area contributed by atoms with E-state index >= 15 is 0 Å². The molecule has 1 aromatic carbocycles. The summed E-state index contributed by atoms with van der Waals surface area (Å²) >= 11 is 14.0. The number of anilines is 2. The Hall–Kier alpha value is -1.95. The Morgan fingerprint density at radius 1 is 0.958 bits per heavy atom. The topological polar surface area (TPSA) is 63.8 Å². The number of aromatic nitrogens is 2. The van der Waals surface area contributed by atoms with E-state index in [4.69, 9.17) is 28.9 Å². The fourth-order valence-corrected chi connectivity index (χ4v) is 3.33. The molecule has 4 nitrogen and oxygen atoms in total. The van der Waals surface area contributed by atoms with Gasteiger partial charge in [-0.15, -0.1) is 0 Å².